The van der Waals surface area contributed by atoms with Gasteiger partial charge in [-0.3, -0.25) is 0 Å². The van der Waals surface area contributed by atoms with Gasteiger partial charge in [-0.15, -0.1) is 0 Å². The predicted octanol–water partition coefficient (Wildman–Crippen LogP) is 3.12. The Hall–Kier alpha value is -0.530. The van der Waals surface area contributed by atoms with Gasteiger partial charge in [-0.1, -0.05) is 23.7 Å². The van der Waals surface area contributed by atoms with Crippen molar-refractivity contribution in [3.63, 3.8) is 0 Å². The van der Waals surface area contributed by atoms with E-state index in [0.29, 0.717) is 5.92 Å². The summed E-state index contributed by atoms with van der Waals surface area (Å²) in [5, 5.41) is 4.35. The SMILES string of the molecule is Cc1ccc(C2CCCNC2)c(Cl)c1. The van der Waals surface area contributed by atoms with E-state index in [1.54, 1.807) is 0 Å². The maximum atomic E-state index is 6.24. The van der Waals surface area contributed by atoms with Crippen LogP contribution in [0.1, 0.15) is 29.9 Å². The van der Waals surface area contributed by atoms with Crippen LogP contribution in [0, 0.1) is 6.92 Å². The molecule has 0 bridgehead atoms. The molecule has 1 aliphatic heterocycles. The molecule has 1 aromatic rings. The molecule has 1 aliphatic rings. The van der Waals surface area contributed by atoms with Crippen molar-refractivity contribution >= 4 is 11.6 Å². The summed E-state index contributed by atoms with van der Waals surface area (Å²) in [6.45, 7) is 4.30. The van der Waals surface area contributed by atoms with Crippen LogP contribution >= 0.6 is 11.6 Å². The summed E-state index contributed by atoms with van der Waals surface area (Å²) in [7, 11) is 0. The van der Waals surface area contributed by atoms with Crippen molar-refractivity contribution in [3.8, 4) is 0 Å². The van der Waals surface area contributed by atoms with Gasteiger partial charge in [0.15, 0.2) is 0 Å². The largest absolute Gasteiger partial charge is 0.316 e. The van der Waals surface area contributed by atoms with Crippen LogP contribution in [0.15, 0.2) is 18.2 Å². The minimum atomic E-state index is 0.608. The molecule has 0 aromatic heterocycles. The minimum absolute atomic E-state index is 0.608. The highest BCUT2D eigenvalue weighted by Crippen LogP contribution is 2.29. The molecular formula is C12H16ClN. The summed E-state index contributed by atoms with van der Waals surface area (Å²) in [5.74, 6) is 0.608. The second kappa shape index (κ2) is 4.33. The lowest BCUT2D eigenvalue weighted by Gasteiger charge is -2.24. The number of aryl methyl sites for hydroxylation is 1. The average Bonchev–Trinajstić information content (AvgIpc) is 2.19. The third-order valence-corrected chi connectivity index (χ3v) is 3.22. The molecule has 76 valence electrons. The molecule has 1 N–H and O–H groups in total. The first kappa shape index (κ1) is 10.0. The second-order valence-electron chi connectivity index (χ2n) is 4.07. The van der Waals surface area contributed by atoms with Gasteiger partial charge in [0.1, 0.15) is 0 Å². The third-order valence-electron chi connectivity index (χ3n) is 2.89. The topological polar surface area (TPSA) is 12.0 Å². The number of hydrogen-bond donors (Lipinski definition) is 1. The Morgan fingerprint density at radius 2 is 2.29 bits per heavy atom. The van der Waals surface area contributed by atoms with E-state index in [1.807, 2.05) is 0 Å². The van der Waals surface area contributed by atoms with E-state index in [-0.39, 0.29) is 0 Å². The highest BCUT2D eigenvalue weighted by atomic mass is 35.5. The number of piperidine rings is 1. The van der Waals surface area contributed by atoms with Crippen LogP contribution in [-0.2, 0) is 0 Å². The standard InChI is InChI=1S/C12H16ClN/c1-9-4-5-11(12(13)7-9)10-3-2-6-14-8-10/h4-5,7,10,14H,2-3,6,8H2,1H3. The quantitative estimate of drug-likeness (QED) is 0.750. The van der Waals surface area contributed by atoms with Crippen LogP contribution in [0.25, 0.3) is 0 Å². The fourth-order valence-corrected chi connectivity index (χ4v) is 2.47. The summed E-state index contributed by atoms with van der Waals surface area (Å²) in [4.78, 5) is 0. The Kier molecular flexibility index (Phi) is 3.09. The lowest BCUT2D eigenvalue weighted by atomic mass is 9.91. The van der Waals surface area contributed by atoms with Crippen LogP contribution in [0.2, 0.25) is 5.02 Å². The van der Waals surface area contributed by atoms with Crippen LogP contribution in [-0.4, -0.2) is 13.1 Å². The first-order valence-corrected chi connectivity index (χ1v) is 5.62. The minimum Gasteiger partial charge on any atom is -0.316 e. The number of halogens is 1. The molecule has 1 aromatic carbocycles. The van der Waals surface area contributed by atoms with E-state index < -0.39 is 0 Å². The van der Waals surface area contributed by atoms with Gasteiger partial charge >= 0.3 is 0 Å². The number of rotatable bonds is 1. The molecule has 14 heavy (non-hydrogen) atoms. The van der Waals surface area contributed by atoms with E-state index >= 15 is 0 Å². The first-order chi connectivity index (χ1) is 6.77. The van der Waals surface area contributed by atoms with Gasteiger partial charge in [0.2, 0.25) is 0 Å². The molecule has 0 radical (unpaired) electrons. The summed E-state index contributed by atoms with van der Waals surface area (Å²) in [6, 6.07) is 6.39. The lowest BCUT2D eigenvalue weighted by Crippen LogP contribution is -2.28. The van der Waals surface area contributed by atoms with E-state index in [1.165, 1.54) is 24.0 Å². The van der Waals surface area contributed by atoms with Crippen LogP contribution in [0.5, 0.6) is 0 Å². The summed E-state index contributed by atoms with van der Waals surface area (Å²) < 4.78 is 0. The normalized spacial score (nSPS) is 22.3. The number of benzene rings is 1. The van der Waals surface area contributed by atoms with Gasteiger partial charge in [-0.05, 0) is 49.4 Å². The summed E-state index contributed by atoms with van der Waals surface area (Å²) >= 11 is 6.24. The predicted molar refractivity (Wildman–Crippen MR) is 61.0 cm³/mol. The molecule has 2 heteroatoms. The Morgan fingerprint density at radius 1 is 1.43 bits per heavy atom. The maximum Gasteiger partial charge on any atom is 0.0443 e. The van der Waals surface area contributed by atoms with E-state index in [0.717, 1.165) is 18.1 Å². The van der Waals surface area contributed by atoms with Crippen molar-refractivity contribution < 1.29 is 0 Å². The number of hydrogen-bond acceptors (Lipinski definition) is 1. The number of nitrogens with one attached hydrogen (secondary N) is 1. The van der Waals surface area contributed by atoms with Gasteiger partial charge in [-0.25, -0.2) is 0 Å². The van der Waals surface area contributed by atoms with Crippen LogP contribution in [0.3, 0.4) is 0 Å². The van der Waals surface area contributed by atoms with Crippen molar-refractivity contribution in [1.29, 1.82) is 0 Å². The van der Waals surface area contributed by atoms with Gasteiger partial charge in [0, 0.05) is 11.6 Å². The molecule has 1 atom stereocenters. The van der Waals surface area contributed by atoms with Crippen molar-refractivity contribution in [3.05, 3.63) is 34.3 Å². The fraction of sp³-hybridized carbons (Fsp3) is 0.500. The zero-order valence-corrected chi connectivity index (χ0v) is 9.27. The van der Waals surface area contributed by atoms with Crippen LogP contribution < -0.4 is 5.32 Å². The van der Waals surface area contributed by atoms with Gasteiger partial charge in [0.25, 0.3) is 0 Å². The molecule has 1 unspecified atom stereocenters. The Bertz CT molecular complexity index is 316. The third kappa shape index (κ3) is 2.10. The van der Waals surface area contributed by atoms with Gasteiger partial charge in [-0.2, -0.15) is 0 Å². The zero-order chi connectivity index (χ0) is 9.97. The zero-order valence-electron chi connectivity index (χ0n) is 8.52. The van der Waals surface area contributed by atoms with E-state index in [9.17, 15) is 0 Å². The van der Waals surface area contributed by atoms with Crippen molar-refractivity contribution in [1.82, 2.24) is 5.32 Å². The Balaban J connectivity index is 2.22. The molecule has 1 nitrogen and oxygen atoms in total. The summed E-state index contributed by atoms with van der Waals surface area (Å²) in [5.41, 5.74) is 2.55. The van der Waals surface area contributed by atoms with E-state index in [4.69, 9.17) is 11.6 Å². The molecule has 1 saturated heterocycles. The summed E-state index contributed by atoms with van der Waals surface area (Å²) in [6.07, 6.45) is 2.52. The molecule has 0 aliphatic carbocycles. The van der Waals surface area contributed by atoms with E-state index in [2.05, 4.69) is 30.4 Å². The van der Waals surface area contributed by atoms with Gasteiger partial charge < -0.3 is 5.32 Å². The second-order valence-corrected chi connectivity index (χ2v) is 4.48. The molecule has 0 amide bonds. The average molecular weight is 210 g/mol. The monoisotopic (exact) mass is 209 g/mol. The van der Waals surface area contributed by atoms with Crippen LogP contribution in [0.4, 0.5) is 0 Å². The first-order valence-electron chi connectivity index (χ1n) is 5.24. The highest BCUT2D eigenvalue weighted by molar-refractivity contribution is 6.31. The lowest BCUT2D eigenvalue weighted by molar-refractivity contribution is 0.462. The Morgan fingerprint density at radius 3 is 2.93 bits per heavy atom. The fourth-order valence-electron chi connectivity index (χ4n) is 2.08. The Labute approximate surface area is 90.5 Å². The maximum absolute atomic E-state index is 6.24. The molecule has 2 rings (SSSR count). The smallest absolute Gasteiger partial charge is 0.0443 e. The highest BCUT2D eigenvalue weighted by Gasteiger charge is 2.17. The molecule has 1 heterocycles. The molecular weight excluding hydrogens is 194 g/mol. The molecule has 0 spiro atoms. The van der Waals surface area contributed by atoms with Crippen molar-refractivity contribution in [2.45, 2.75) is 25.7 Å². The van der Waals surface area contributed by atoms with Crippen molar-refractivity contribution in [2.75, 3.05) is 13.1 Å². The molecule has 0 saturated carbocycles. The van der Waals surface area contributed by atoms with Crippen molar-refractivity contribution in [2.24, 2.45) is 0 Å². The van der Waals surface area contributed by atoms with Gasteiger partial charge in [0.05, 0.1) is 0 Å². The molecule has 1 fully saturated rings.